The summed E-state index contributed by atoms with van der Waals surface area (Å²) in [6.45, 7) is 4.36. The van der Waals surface area contributed by atoms with E-state index in [9.17, 15) is 0 Å². The predicted octanol–water partition coefficient (Wildman–Crippen LogP) is 4.34. The van der Waals surface area contributed by atoms with E-state index in [1.54, 1.807) is 6.08 Å². The molecule has 0 radical (unpaired) electrons. The van der Waals surface area contributed by atoms with Gasteiger partial charge in [-0.3, -0.25) is 0 Å². The molecule has 2 heteroatoms. The Kier molecular flexibility index (Phi) is 7.73. The molecule has 0 rings (SSSR count). The lowest BCUT2D eigenvalue weighted by Crippen LogP contribution is -1.89. The predicted molar refractivity (Wildman–Crippen MR) is 57.9 cm³/mol. The number of allylic oxidation sites excluding steroid dienone is 4. The van der Waals surface area contributed by atoms with Crippen LogP contribution in [0.2, 0.25) is 0 Å². The highest BCUT2D eigenvalue weighted by molar-refractivity contribution is 6.31. The topological polar surface area (TPSA) is 0 Å². The van der Waals surface area contributed by atoms with Gasteiger partial charge in [0, 0.05) is 10.9 Å². The first-order valence-corrected chi connectivity index (χ1v) is 5.25. The third kappa shape index (κ3) is 5.68. The van der Waals surface area contributed by atoms with E-state index in [0.717, 1.165) is 17.9 Å². The maximum Gasteiger partial charge on any atom is 0.0421 e. The minimum absolute atomic E-state index is 0.478. The Morgan fingerprint density at radius 2 is 1.92 bits per heavy atom. The molecule has 0 aromatic rings. The third-order valence-corrected chi connectivity index (χ3v) is 2.28. The Bertz CT molecular complexity index is 155. The van der Waals surface area contributed by atoms with Gasteiger partial charge in [-0.2, -0.15) is 0 Å². The summed E-state index contributed by atoms with van der Waals surface area (Å²) in [6, 6.07) is 0. The Morgan fingerprint density at radius 1 is 1.33 bits per heavy atom. The van der Waals surface area contributed by atoms with Crippen LogP contribution in [0.5, 0.6) is 0 Å². The summed E-state index contributed by atoms with van der Waals surface area (Å²) in [5.74, 6) is 1.12. The Morgan fingerprint density at radius 3 is 2.33 bits per heavy atom. The summed E-state index contributed by atoms with van der Waals surface area (Å²) in [5.41, 5.74) is 0. The summed E-state index contributed by atoms with van der Waals surface area (Å²) in [4.78, 5) is 0. The third-order valence-electron chi connectivity index (χ3n) is 1.85. The molecule has 0 saturated heterocycles. The molecule has 70 valence electrons. The molecule has 0 aromatic heterocycles. The van der Waals surface area contributed by atoms with Gasteiger partial charge in [0.15, 0.2) is 0 Å². The zero-order valence-corrected chi connectivity index (χ0v) is 9.20. The van der Waals surface area contributed by atoms with Gasteiger partial charge in [0.1, 0.15) is 0 Å². The van der Waals surface area contributed by atoms with E-state index in [4.69, 9.17) is 23.2 Å². The summed E-state index contributed by atoms with van der Waals surface area (Å²) < 4.78 is 0. The molecule has 0 unspecified atom stereocenters. The molecule has 0 spiro atoms. The lowest BCUT2D eigenvalue weighted by Gasteiger charge is -2.03. The van der Waals surface area contributed by atoms with Crippen LogP contribution in [0, 0.1) is 5.92 Å². The lowest BCUT2D eigenvalue weighted by atomic mass is 10.0. The van der Waals surface area contributed by atoms with E-state index in [1.165, 1.54) is 0 Å². The van der Waals surface area contributed by atoms with E-state index >= 15 is 0 Å². The molecule has 0 fully saturated rings. The van der Waals surface area contributed by atoms with Crippen LogP contribution in [0.3, 0.4) is 0 Å². The minimum Gasteiger partial charge on any atom is -0.122 e. The van der Waals surface area contributed by atoms with Crippen molar-refractivity contribution in [1.29, 1.82) is 0 Å². The van der Waals surface area contributed by atoms with Gasteiger partial charge in [0.2, 0.25) is 0 Å². The van der Waals surface area contributed by atoms with Crippen LogP contribution >= 0.6 is 23.2 Å². The number of hydrogen-bond donors (Lipinski definition) is 0. The van der Waals surface area contributed by atoms with Gasteiger partial charge in [0.05, 0.1) is 0 Å². The van der Waals surface area contributed by atoms with Crippen molar-refractivity contribution in [3.63, 3.8) is 0 Å². The second-order valence-corrected chi connectivity index (χ2v) is 3.42. The molecule has 0 N–H and O–H groups in total. The van der Waals surface area contributed by atoms with Crippen molar-refractivity contribution in [2.75, 3.05) is 5.88 Å². The first-order valence-electron chi connectivity index (χ1n) is 4.34. The Balaban J connectivity index is 3.94. The Hall–Kier alpha value is 0.0600. The Labute approximate surface area is 85.3 Å². The van der Waals surface area contributed by atoms with Gasteiger partial charge in [-0.15, -0.1) is 11.6 Å². The number of alkyl halides is 1. The first-order chi connectivity index (χ1) is 5.74. The molecule has 0 bridgehead atoms. The lowest BCUT2D eigenvalue weighted by molar-refractivity contribution is 0.606. The normalized spacial score (nSPS) is 13.2. The molecule has 0 aliphatic heterocycles. The standard InChI is InChI=1S/C10H16Cl2/c1-3-9(4-2)5-6-10(12)7-8-11/h5-7,9H,3-4,8H2,1-2H3/b6-5-,10-7+. The molecular weight excluding hydrogens is 191 g/mol. The molecule has 0 nitrogen and oxygen atoms in total. The average Bonchev–Trinajstić information content (AvgIpc) is 2.07. The van der Waals surface area contributed by atoms with Gasteiger partial charge in [-0.25, -0.2) is 0 Å². The van der Waals surface area contributed by atoms with E-state index in [0.29, 0.717) is 11.8 Å². The summed E-state index contributed by atoms with van der Waals surface area (Å²) >= 11 is 11.3. The number of rotatable bonds is 5. The van der Waals surface area contributed by atoms with E-state index in [-0.39, 0.29) is 0 Å². The minimum atomic E-state index is 0.478. The van der Waals surface area contributed by atoms with Gasteiger partial charge in [-0.05, 0) is 24.8 Å². The van der Waals surface area contributed by atoms with Gasteiger partial charge >= 0.3 is 0 Å². The smallest absolute Gasteiger partial charge is 0.0421 e. The van der Waals surface area contributed by atoms with Crippen molar-refractivity contribution < 1.29 is 0 Å². The molecule has 12 heavy (non-hydrogen) atoms. The number of hydrogen-bond acceptors (Lipinski definition) is 0. The van der Waals surface area contributed by atoms with Crippen molar-refractivity contribution in [2.24, 2.45) is 5.92 Å². The van der Waals surface area contributed by atoms with E-state index < -0.39 is 0 Å². The molecular formula is C10H16Cl2. The van der Waals surface area contributed by atoms with Gasteiger partial charge in [-0.1, -0.05) is 37.6 Å². The van der Waals surface area contributed by atoms with Crippen LogP contribution in [0.15, 0.2) is 23.3 Å². The van der Waals surface area contributed by atoms with Crippen molar-refractivity contribution in [2.45, 2.75) is 26.7 Å². The van der Waals surface area contributed by atoms with Crippen LogP contribution in [0.1, 0.15) is 26.7 Å². The van der Waals surface area contributed by atoms with Crippen LogP contribution in [-0.4, -0.2) is 5.88 Å². The molecule has 0 heterocycles. The monoisotopic (exact) mass is 206 g/mol. The van der Waals surface area contributed by atoms with Crippen LogP contribution in [0.25, 0.3) is 0 Å². The van der Waals surface area contributed by atoms with Gasteiger partial charge < -0.3 is 0 Å². The molecule has 0 amide bonds. The summed E-state index contributed by atoms with van der Waals surface area (Å²) in [7, 11) is 0. The fraction of sp³-hybridized carbons (Fsp3) is 0.600. The highest BCUT2D eigenvalue weighted by atomic mass is 35.5. The SMILES string of the molecule is CCC(/C=C\C(Cl)=C/CCl)CC. The molecule has 0 aliphatic rings. The van der Waals surface area contributed by atoms with Crippen LogP contribution in [0.4, 0.5) is 0 Å². The average molecular weight is 207 g/mol. The highest BCUT2D eigenvalue weighted by Gasteiger charge is 1.96. The van der Waals surface area contributed by atoms with Crippen molar-refractivity contribution >= 4 is 23.2 Å². The summed E-state index contributed by atoms with van der Waals surface area (Å²) in [6.07, 6.45) is 8.20. The molecule has 0 aliphatic carbocycles. The van der Waals surface area contributed by atoms with Crippen molar-refractivity contribution in [1.82, 2.24) is 0 Å². The van der Waals surface area contributed by atoms with Crippen molar-refractivity contribution in [3.05, 3.63) is 23.3 Å². The highest BCUT2D eigenvalue weighted by Crippen LogP contribution is 2.12. The van der Waals surface area contributed by atoms with Crippen molar-refractivity contribution in [3.8, 4) is 0 Å². The second-order valence-electron chi connectivity index (χ2n) is 2.68. The number of halogens is 2. The zero-order valence-electron chi connectivity index (χ0n) is 7.69. The largest absolute Gasteiger partial charge is 0.122 e. The molecule has 0 saturated carbocycles. The fourth-order valence-corrected chi connectivity index (χ4v) is 1.33. The quantitative estimate of drug-likeness (QED) is 0.464. The van der Waals surface area contributed by atoms with E-state index in [1.807, 2.05) is 6.08 Å². The maximum absolute atomic E-state index is 5.83. The van der Waals surface area contributed by atoms with Gasteiger partial charge in [0.25, 0.3) is 0 Å². The maximum atomic E-state index is 5.83. The fourth-order valence-electron chi connectivity index (χ4n) is 0.931. The summed E-state index contributed by atoms with van der Waals surface area (Å²) in [5, 5.41) is 0.733. The van der Waals surface area contributed by atoms with Crippen LogP contribution in [-0.2, 0) is 0 Å². The first kappa shape index (κ1) is 12.1. The molecule has 0 aromatic carbocycles. The van der Waals surface area contributed by atoms with Crippen LogP contribution < -0.4 is 0 Å². The second kappa shape index (κ2) is 7.70. The zero-order chi connectivity index (χ0) is 9.40. The molecule has 0 atom stereocenters. The van der Waals surface area contributed by atoms with E-state index in [2.05, 4.69) is 19.9 Å².